The molecule has 0 aliphatic rings. The summed E-state index contributed by atoms with van der Waals surface area (Å²) in [7, 11) is 0. The number of hydrogen-bond donors (Lipinski definition) is 1. The highest BCUT2D eigenvalue weighted by atomic mass is 16.6. The zero-order valence-corrected chi connectivity index (χ0v) is 10.5. The first kappa shape index (κ1) is 13.8. The molecule has 0 aliphatic heterocycles. The van der Waals surface area contributed by atoms with Gasteiger partial charge in [0.2, 0.25) is 0 Å². The summed E-state index contributed by atoms with van der Waals surface area (Å²) < 4.78 is 5.40. The molecule has 0 saturated heterocycles. The molecule has 2 aromatic carbocycles. The Bertz CT molecular complexity index is 803. The molecule has 0 heterocycles. The lowest BCUT2D eigenvalue weighted by Crippen LogP contribution is -1.93. The number of nitro benzene ring substituents is 1. The number of ether oxygens (including phenoxy) is 1. The first-order valence-electron chi connectivity index (χ1n) is 5.65. The molecular weight excluding hydrogens is 274 g/mol. The topological polar surface area (TPSA) is 120 Å². The summed E-state index contributed by atoms with van der Waals surface area (Å²) in [5.41, 5.74) is -0.243. The molecule has 2 rings (SSSR count). The molecule has 2 aromatic rings. The molecule has 0 radical (unpaired) electrons. The van der Waals surface area contributed by atoms with Crippen LogP contribution in [0.15, 0.2) is 36.4 Å². The number of nitrogens with zero attached hydrogens (tertiary/aromatic N) is 3. The second-order valence-electron chi connectivity index (χ2n) is 3.91. The predicted molar refractivity (Wildman–Crippen MR) is 70.7 cm³/mol. The summed E-state index contributed by atoms with van der Waals surface area (Å²) in [5.74, 6) is -0.304. The summed E-state index contributed by atoms with van der Waals surface area (Å²) >= 11 is 0. The maximum absolute atomic E-state index is 10.6. The summed E-state index contributed by atoms with van der Waals surface area (Å²) in [6.45, 7) is 0. The Morgan fingerprint density at radius 2 is 1.95 bits per heavy atom. The van der Waals surface area contributed by atoms with Crippen molar-refractivity contribution < 1.29 is 14.8 Å². The van der Waals surface area contributed by atoms with Crippen LogP contribution in [0.5, 0.6) is 17.2 Å². The SMILES string of the molecule is N#Cc1cccc(Oc2ccc([N+](=O)[O-])c(O)c2)c1C#N. The average molecular weight is 281 g/mol. The van der Waals surface area contributed by atoms with Gasteiger partial charge in [0.25, 0.3) is 0 Å². The van der Waals surface area contributed by atoms with Gasteiger partial charge in [0, 0.05) is 12.1 Å². The molecule has 7 nitrogen and oxygen atoms in total. The fourth-order valence-corrected chi connectivity index (χ4v) is 1.67. The van der Waals surface area contributed by atoms with E-state index in [9.17, 15) is 15.2 Å². The van der Waals surface area contributed by atoms with Crippen molar-refractivity contribution in [1.82, 2.24) is 0 Å². The van der Waals surface area contributed by atoms with Crippen LogP contribution in [0.4, 0.5) is 5.69 Å². The molecule has 0 saturated carbocycles. The van der Waals surface area contributed by atoms with Gasteiger partial charge in [-0.15, -0.1) is 0 Å². The largest absolute Gasteiger partial charge is 0.502 e. The molecule has 0 bridgehead atoms. The van der Waals surface area contributed by atoms with E-state index in [1.165, 1.54) is 18.2 Å². The molecule has 0 aromatic heterocycles. The molecule has 102 valence electrons. The Labute approximate surface area is 119 Å². The summed E-state index contributed by atoms with van der Waals surface area (Å²) in [4.78, 5) is 9.87. The van der Waals surface area contributed by atoms with Crippen molar-refractivity contribution >= 4 is 5.69 Å². The van der Waals surface area contributed by atoms with E-state index < -0.39 is 16.4 Å². The van der Waals surface area contributed by atoms with Gasteiger partial charge in [-0.3, -0.25) is 10.1 Å². The lowest BCUT2D eigenvalue weighted by molar-refractivity contribution is -0.385. The minimum atomic E-state index is -0.726. The van der Waals surface area contributed by atoms with Crippen LogP contribution >= 0.6 is 0 Å². The first-order chi connectivity index (χ1) is 10.1. The fraction of sp³-hybridized carbons (Fsp3) is 0. The quantitative estimate of drug-likeness (QED) is 0.682. The highest BCUT2D eigenvalue weighted by Gasteiger charge is 2.15. The number of phenolic OH excluding ortho intramolecular Hbond substituents is 1. The van der Waals surface area contributed by atoms with E-state index in [0.29, 0.717) is 0 Å². The molecule has 7 heteroatoms. The Balaban J connectivity index is 2.40. The summed E-state index contributed by atoms with van der Waals surface area (Å²) in [6, 6.07) is 11.7. The van der Waals surface area contributed by atoms with Crippen molar-refractivity contribution in [3.05, 3.63) is 57.6 Å². The highest BCUT2D eigenvalue weighted by molar-refractivity contribution is 5.56. The van der Waals surface area contributed by atoms with E-state index >= 15 is 0 Å². The van der Waals surface area contributed by atoms with Crippen molar-refractivity contribution in [3.8, 4) is 29.4 Å². The third-order valence-electron chi connectivity index (χ3n) is 2.63. The molecule has 21 heavy (non-hydrogen) atoms. The van der Waals surface area contributed by atoms with Crippen LogP contribution in [0.2, 0.25) is 0 Å². The minimum Gasteiger partial charge on any atom is -0.502 e. The zero-order chi connectivity index (χ0) is 15.4. The van der Waals surface area contributed by atoms with Crippen LogP contribution in [0.25, 0.3) is 0 Å². The smallest absolute Gasteiger partial charge is 0.310 e. The molecule has 0 unspecified atom stereocenters. The molecule has 0 atom stereocenters. The van der Waals surface area contributed by atoms with E-state index in [1.54, 1.807) is 6.07 Å². The number of aromatic hydroxyl groups is 1. The van der Waals surface area contributed by atoms with Crippen molar-refractivity contribution in [2.45, 2.75) is 0 Å². The molecule has 1 N–H and O–H groups in total. The average Bonchev–Trinajstić information content (AvgIpc) is 2.46. The molecular formula is C14H7N3O4. The Morgan fingerprint density at radius 3 is 2.52 bits per heavy atom. The van der Waals surface area contributed by atoms with Crippen LogP contribution in [0.3, 0.4) is 0 Å². The Morgan fingerprint density at radius 1 is 1.19 bits per heavy atom. The molecule has 0 spiro atoms. The monoisotopic (exact) mass is 281 g/mol. The first-order valence-corrected chi connectivity index (χ1v) is 5.65. The van der Waals surface area contributed by atoms with E-state index in [-0.39, 0.29) is 22.6 Å². The molecule has 0 aliphatic carbocycles. The Kier molecular flexibility index (Phi) is 3.69. The molecule has 0 fully saturated rings. The van der Waals surface area contributed by atoms with E-state index in [4.69, 9.17) is 15.3 Å². The number of hydrogen-bond acceptors (Lipinski definition) is 6. The van der Waals surface area contributed by atoms with Crippen LogP contribution in [-0.2, 0) is 0 Å². The van der Waals surface area contributed by atoms with Crippen molar-refractivity contribution in [2.75, 3.05) is 0 Å². The third-order valence-corrected chi connectivity index (χ3v) is 2.63. The van der Waals surface area contributed by atoms with Crippen LogP contribution in [0.1, 0.15) is 11.1 Å². The zero-order valence-electron chi connectivity index (χ0n) is 10.5. The number of phenols is 1. The van der Waals surface area contributed by atoms with E-state index in [0.717, 1.165) is 12.1 Å². The maximum atomic E-state index is 10.6. The van der Waals surface area contributed by atoms with E-state index in [2.05, 4.69) is 0 Å². The number of rotatable bonds is 3. The second-order valence-corrected chi connectivity index (χ2v) is 3.91. The standard InChI is InChI=1S/C14H7N3O4/c15-7-9-2-1-3-14(11(9)8-16)21-10-4-5-12(17(19)20)13(18)6-10/h1-6,18H. The van der Waals surface area contributed by atoms with Gasteiger partial charge in [-0.25, -0.2) is 0 Å². The van der Waals surface area contributed by atoms with Gasteiger partial charge in [0.05, 0.1) is 10.5 Å². The van der Waals surface area contributed by atoms with Gasteiger partial charge in [-0.1, -0.05) is 6.07 Å². The van der Waals surface area contributed by atoms with Gasteiger partial charge in [0.15, 0.2) is 5.75 Å². The number of benzene rings is 2. The summed E-state index contributed by atoms with van der Waals surface area (Å²) in [5, 5.41) is 38.1. The normalized spacial score (nSPS) is 9.43. The third kappa shape index (κ3) is 2.72. The van der Waals surface area contributed by atoms with Crippen molar-refractivity contribution in [3.63, 3.8) is 0 Å². The lowest BCUT2D eigenvalue weighted by atomic mass is 10.1. The highest BCUT2D eigenvalue weighted by Crippen LogP contribution is 2.33. The van der Waals surface area contributed by atoms with Crippen molar-refractivity contribution in [2.24, 2.45) is 0 Å². The fourth-order valence-electron chi connectivity index (χ4n) is 1.67. The van der Waals surface area contributed by atoms with Gasteiger partial charge < -0.3 is 9.84 Å². The van der Waals surface area contributed by atoms with E-state index in [1.807, 2.05) is 12.1 Å². The number of nitriles is 2. The van der Waals surface area contributed by atoms with Crippen LogP contribution in [-0.4, -0.2) is 10.0 Å². The summed E-state index contributed by atoms with van der Waals surface area (Å²) in [6.07, 6.45) is 0. The second kappa shape index (κ2) is 5.59. The van der Waals surface area contributed by atoms with Crippen molar-refractivity contribution in [1.29, 1.82) is 10.5 Å². The van der Waals surface area contributed by atoms with Gasteiger partial charge in [0.1, 0.15) is 29.2 Å². The predicted octanol–water partition coefficient (Wildman–Crippen LogP) is 2.84. The maximum Gasteiger partial charge on any atom is 0.310 e. The lowest BCUT2D eigenvalue weighted by Gasteiger charge is -2.08. The van der Waals surface area contributed by atoms with Gasteiger partial charge in [-0.2, -0.15) is 10.5 Å². The van der Waals surface area contributed by atoms with Crippen LogP contribution < -0.4 is 4.74 Å². The minimum absolute atomic E-state index is 0.0536. The molecule has 0 amide bonds. The van der Waals surface area contributed by atoms with Gasteiger partial charge >= 0.3 is 5.69 Å². The number of nitro groups is 1. The van der Waals surface area contributed by atoms with Gasteiger partial charge in [-0.05, 0) is 18.2 Å². The van der Waals surface area contributed by atoms with Crippen LogP contribution in [0, 0.1) is 32.8 Å². The Hall–Kier alpha value is -3.58.